The van der Waals surface area contributed by atoms with E-state index in [2.05, 4.69) is 15.5 Å². The highest BCUT2D eigenvalue weighted by atomic mass is 32.2. The van der Waals surface area contributed by atoms with Crippen LogP contribution in [0.15, 0.2) is 47.6 Å². The van der Waals surface area contributed by atoms with Gasteiger partial charge in [0, 0.05) is 62.9 Å². The van der Waals surface area contributed by atoms with Crippen LogP contribution in [0, 0.1) is 0 Å². The van der Waals surface area contributed by atoms with Gasteiger partial charge in [-0.1, -0.05) is 13.5 Å². The summed E-state index contributed by atoms with van der Waals surface area (Å²) in [4.78, 5) is 26.3. The van der Waals surface area contributed by atoms with E-state index >= 15 is 0 Å². The molecule has 176 valence electrons. The Labute approximate surface area is 199 Å². The van der Waals surface area contributed by atoms with Crippen molar-refractivity contribution in [3.05, 3.63) is 53.9 Å². The maximum atomic E-state index is 12.6. The molecule has 0 saturated carbocycles. The van der Waals surface area contributed by atoms with Crippen molar-refractivity contribution in [3.63, 3.8) is 0 Å². The van der Waals surface area contributed by atoms with Crippen molar-refractivity contribution in [2.75, 3.05) is 34.3 Å². The first kappa shape index (κ1) is 25.0. The van der Waals surface area contributed by atoms with Gasteiger partial charge in [0.2, 0.25) is 0 Å². The van der Waals surface area contributed by atoms with Gasteiger partial charge in [-0.25, -0.2) is 8.82 Å². The van der Waals surface area contributed by atoms with Crippen molar-refractivity contribution in [1.29, 1.82) is 0 Å². The van der Waals surface area contributed by atoms with Gasteiger partial charge in [-0.3, -0.25) is 4.79 Å². The number of aromatic nitrogens is 2. The summed E-state index contributed by atoms with van der Waals surface area (Å²) in [6.07, 6.45) is 7.18. The molecule has 3 heterocycles. The number of benzene rings is 1. The van der Waals surface area contributed by atoms with E-state index in [1.54, 1.807) is 48.8 Å². The van der Waals surface area contributed by atoms with E-state index in [9.17, 15) is 9.59 Å². The SMILES string of the molecule is C.COC1CCN(Sc2cc(C(=O)N(C)C)ccc2-c2ccn3ncc(CC=O)c3c2)CC1. The molecule has 3 aromatic rings. The van der Waals surface area contributed by atoms with Crippen molar-refractivity contribution in [2.24, 2.45) is 0 Å². The van der Waals surface area contributed by atoms with Gasteiger partial charge in [-0.05, 0) is 60.2 Å². The molecule has 0 unspecified atom stereocenters. The summed E-state index contributed by atoms with van der Waals surface area (Å²) in [7, 11) is 5.30. The summed E-state index contributed by atoms with van der Waals surface area (Å²) in [5.74, 6) is -0.0176. The van der Waals surface area contributed by atoms with Gasteiger partial charge in [-0.15, -0.1) is 0 Å². The average molecular weight is 469 g/mol. The number of methoxy groups -OCH3 is 1. The quantitative estimate of drug-likeness (QED) is 0.382. The number of rotatable bonds is 7. The van der Waals surface area contributed by atoms with Gasteiger partial charge in [0.15, 0.2) is 0 Å². The van der Waals surface area contributed by atoms with E-state index in [0.717, 1.165) is 59.3 Å². The Morgan fingerprint density at radius 3 is 2.67 bits per heavy atom. The van der Waals surface area contributed by atoms with E-state index < -0.39 is 0 Å². The number of piperidine rings is 1. The predicted octanol–water partition coefficient (Wildman–Crippen LogP) is 4.20. The number of ether oxygens (including phenoxy) is 1. The van der Waals surface area contributed by atoms with Crippen molar-refractivity contribution in [3.8, 4) is 11.1 Å². The Balaban J connectivity index is 0.00000306. The highest BCUT2D eigenvalue weighted by molar-refractivity contribution is 7.97. The van der Waals surface area contributed by atoms with Crippen molar-refractivity contribution >= 4 is 29.7 Å². The number of pyridine rings is 1. The molecule has 0 atom stereocenters. The summed E-state index contributed by atoms with van der Waals surface area (Å²) >= 11 is 1.69. The summed E-state index contributed by atoms with van der Waals surface area (Å²) in [6.45, 7) is 1.86. The van der Waals surface area contributed by atoms with Crippen LogP contribution < -0.4 is 0 Å². The smallest absolute Gasteiger partial charge is 0.253 e. The highest BCUT2D eigenvalue weighted by Crippen LogP contribution is 2.36. The molecular formula is C25H32N4O3S. The van der Waals surface area contributed by atoms with Gasteiger partial charge in [0.05, 0.1) is 17.8 Å². The molecule has 0 bridgehead atoms. The molecule has 8 heteroatoms. The topological polar surface area (TPSA) is 67.2 Å². The van der Waals surface area contributed by atoms with E-state index in [1.807, 2.05) is 30.5 Å². The molecule has 7 nitrogen and oxygen atoms in total. The maximum absolute atomic E-state index is 12.6. The van der Waals surface area contributed by atoms with E-state index in [0.29, 0.717) is 18.1 Å². The number of hydrogen-bond acceptors (Lipinski definition) is 6. The fourth-order valence-corrected chi connectivity index (χ4v) is 5.11. The molecule has 1 saturated heterocycles. The number of nitrogens with zero attached hydrogens (tertiary/aromatic N) is 4. The zero-order valence-corrected chi connectivity index (χ0v) is 19.5. The van der Waals surface area contributed by atoms with Crippen LogP contribution in [0.25, 0.3) is 16.6 Å². The lowest BCUT2D eigenvalue weighted by Crippen LogP contribution is -2.32. The lowest BCUT2D eigenvalue weighted by Gasteiger charge is -2.30. The predicted molar refractivity (Wildman–Crippen MR) is 133 cm³/mol. The molecule has 1 fully saturated rings. The van der Waals surface area contributed by atoms with Gasteiger partial charge in [-0.2, -0.15) is 5.10 Å². The van der Waals surface area contributed by atoms with Crippen molar-refractivity contribution in [1.82, 2.24) is 18.8 Å². The summed E-state index contributed by atoms with van der Waals surface area (Å²) in [5.41, 5.74) is 4.57. The van der Waals surface area contributed by atoms with Gasteiger partial charge >= 0.3 is 0 Å². The number of amides is 1. The van der Waals surface area contributed by atoms with Crippen LogP contribution in [0.2, 0.25) is 0 Å². The molecule has 1 amide bonds. The molecule has 0 spiro atoms. The van der Waals surface area contributed by atoms with Gasteiger partial charge in [0.1, 0.15) is 6.29 Å². The number of aldehydes is 1. The van der Waals surface area contributed by atoms with E-state index in [1.165, 1.54) is 0 Å². The average Bonchev–Trinajstić information content (AvgIpc) is 3.21. The van der Waals surface area contributed by atoms with Gasteiger partial charge < -0.3 is 14.4 Å². The molecule has 0 aliphatic carbocycles. The monoisotopic (exact) mass is 468 g/mol. The Kier molecular flexibility index (Phi) is 8.29. The van der Waals surface area contributed by atoms with Crippen LogP contribution in [0.1, 0.15) is 36.2 Å². The zero-order valence-electron chi connectivity index (χ0n) is 18.7. The number of carbonyl (C=O) groups is 2. The van der Waals surface area contributed by atoms with Crippen LogP contribution in [-0.2, 0) is 16.0 Å². The van der Waals surface area contributed by atoms with Crippen LogP contribution in [0.3, 0.4) is 0 Å². The van der Waals surface area contributed by atoms with Crippen LogP contribution >= 0.6 is 11.9 Å². The molecule has 0 N–H and O–H groups in total. The van der Waals surface area contributed by atoms with Crippen LogP contribution in [0.4, 0.5) is 0 Å². The normalized spacial score (nSPS) is 14.8. The van der Waals surface area contributed by atoms with Crippen LogP contribution in [0.5, 0.6) is 0 Å². The molecule has 33 heavy (non-hydrogen) atoms. The Morgan fingerprint density at radius 1 is 1.24 bits per heavy atom. The van der Waals surface area contributed by atoms with Crippen LogP contribution in [-0.4, -0.2) is 71.4 Å². The fourth-order valence-electron chi connectivity index (χ4n) is 3.97. The molecule has 0 radical (unpaired) electrons. The third-order valence-electron chi connectivity index (χ3n) is 5.81. The summed E-state index contributed by atoms with van der Waals surface area (Å²) < 4.78 is 9.63. The van der Waals surface area contributed by atoms with E-state index in [-0.39, 0.29) is 13.3 Å². The second kappa shape index (κ2) is 11.0. The third-order valence-corrected chi connectivity index (χ3v) is 6.97. The standard InChI is InChI=1S/C24H28N4O3S.CH4/c1-26(2)24(30)18-4-5-21(23(15-18)32-27-10-7-20(31-3)8-11-27)17-6-12-28-22(14-17)19(9-13-29)16-25-28;/h4-6,12-16,20H,7-11H2,1-3H3;1H4. The second-order valence-corrected chi connectivity index (χ2v) is 9.29. The Morgan fingerprint density at radius 2 is 2.00 bits per heavy atom. The lowest BCUT2D eigenvalue weighted by atomic mass is 10.0. The molecule has 1 aliphatic rings. The molecule has 1 aliphatic heterocycles. The first-order valence-electron chi connectivity index (χ1n) is 10.7. The molecular weight excluding hydrogens is 436 g/mol. The molecule has 4 rings (SSSR count). The highest BCUT2D eigenvalue weighted by Gasteiger charge is 2.22. The summed E-state index contributed by atoms with van der Waals surface area (Å²) in [6, 6.07) is 9.97. The Hall–Kier alpha value is -2.68. The van der Waals surface area contributed by atoms with Crippen molar-refractivity contribution < 1.29 is 14.3 Å². The van der Waals surface area contributed by atoms with Crippen molar-refractivity contribution in [2.45, 2.75) is 37.7 Å². The molecule has 2 aromatic heterocycles. The summed E-state index contributed by atoms with van der Waals surface area (Å²) in [5, 5.41) is 4.34. The van der Waals surface area contributed by atoms with Gasteiger partial charge in [0.25, 0.3) is 5.91 Å². The van der Waals surface area contributed by atoms with E-state index in [4.69, 9.17) is 4.74 Å². The first-order valence-corrected chi connectivity index (χ1v) is 11.5. The lowest BCUT2D eigenvalue weighted by molar-refractivity contribution is -0.107. The number of fused-ring (bicyclic) bond motifs is 1. The second-order valence-electron chi connectivity index (χ2n) is 8.15. The maximum Gasteiger partial charge on any atom is 0.253 e. The molecule has 1 aromatic carbocycles. The first-order chi connectivity index (χ1) is 15.5. The number of carbonyl (C=O) groups excluding carboxylic acids is 2. The number of hydrogen-bond donors (Lipinski definition) is 0. The fraction of sp³-hybridized carbons (Fsp3) is 0.400. The minimum Gasteiger partial charge on any atom is -0.381 e. The largest absolute Gasteiger partial charge is 0.381 e. The minimum absolute atomic E-state index is 0. The third kappa shape index (κ3) is 5.46. The minimum atomic E-state index is -0.0176. The Bertz CT molecular complexity index is 1120. The zero-order chi connectivity index (χ0) is 22.7.